The first-order valence-corrected chi connectivity index (χ1v) is 7.49. The molecular formula is C12H16ClN3O2S. The number of nitriles is 1. The maximum absolute atomic E-state index is 12.1. The lowest BCUT2D eigenvalue weighted by Crippen LogP contribution is -2.39. The zero-order valence-electron chi connectivity index (χ0n) is 11.0. The molecular weight excluding hydrogens is 286 g/mol. The predicted octanol–water partition coefficient (Wildman–Crippen LogP) is 1.44. The topological polar surface area (TPSA) is 73.2 Å². The lowest BCUT2D eigenvalue weighted by Gasteiger charge is -2.18. The molecule has 0 fully saturated rings. The summed E-state index contributed by atoms with van der Waals surface area (Å²) >= 11 is 5.90. The highest BCUT2D eigenvalue weighted by atomic mass is 35.5. The normalized spacial score (nSPS) is 13.3. The number of sulfonamides is 1. The molecule has 0 aliphatic carbocycles. The van der Waals surface area contributed by atoms with Gasteiger partial charge in [0.05, 0.1) is 16.7 Å². The molecule has 0 radical (unpaired) electrons. The molecule has 0 amide bonds. The van der Waals surface area contributed by atoms with Gasteiger partial charge in [0.25, 0.3) is 0 Å². The number of rotatable bonds is 5. The van der Waals surface area contributed by atoms with Gasteiger partial charge in [0.2, 0.25) is 10.0 Å². The Hall–Kier alpha value is -1.13. The summed E-state index contributed by atoms with van der Waals surface area (Å²) in [5.74, 6) is 0. The maximum atomic E-state index is 12.1. The Kier molecular flexibility index (Phi) is 5.32. The molecule has 1 unspecified atom stereocenters. The minimum absolute atomic E-state index is 0.0150. The van der Waals surface area contributed by atoms with Gasteiger partial charge in [-0.1, -0.05) is 11.6 Å². The summed E-state index contributed by atoms with van der Waals surface area (Å²) < 4.78 is 26.8. The third kappa shape index (κ3) is 4.48. The van der Waals surface area contributed by atoms with E-state index in [4.69, 9.17) is 16.9 Å². The first-order valence-electron chi connectivity index (χ1n) is 5.63. The molecule has 0 saturated heterocycles. The van der Waals surface area contributed by atoms with E-state index in [9.17, 15) is 8.42 Å². The van der Waals surface area contributed by atoms with Crippen molar-refractivity contribution in [3.8, 4) is 6.07 Å². The van der Waals surface area contributed by atoms with Crippen molar-refractivity contribution in [1.82, 2.24) is 9.62 Å². The highest BCUT2D eigenvalue weighted by Crippen LogP contribution is 2.22. The molecule has 0 heterocycles. The van der Waals surface area contributed by atoms with Crippen molar-refractivity contribution in [1.29, 1.82) is 5.26 Å². The van der Waals surface area contributed by atoms with E-state index in [0.717, 1.165) is 0 Å². The molecule has 5 nitrogen and oxygen atoms in total. The minimum atomic E-state index is -3.68. The maximum Gasteiger partial charge on any atom is 0.242 e. The van der Waals surface area contributed by atoms with Crippen LogP contribution in [-0.2, 0) is 10.0 Å². The number of benzene rings is 1. The van der Waals surface area contributed by atoms with E-state index in [2.05, 4.69) is 4.72 Å². The van der Waals surface area contributed by atoms with E-state index in [1.165, 1.54) is 18.2 Å². The highest BCUT2D eigenvalue weighted by Gasteiger charge is 2.20. The van der Waals surface area contributed by atoms with Crippen LogP contribution in [0.25, 0.3) is 0 Å². The Labute approximate surface area is 118 Å². The Morgan fingerprint density at radius 3 is 2.58 bits per heavy atom. The monoisotopic (exact) mass is 301 g/mol. The lowest BCUT2D eigenvalue weighted by atomic mass is 10.2. The molecule has 7 heteroatoms. The largest absolute Gasteiger partial charge is 0.308 e. The summed E-state index contributed by atoms with van der Waals surface area (Å²) in [5.41, 5.74) is 0.324. The smallest absolute Gasteiger partial charge is 0.242 e. The third-order valence-electron chi connectivity index (χ3n) is 2.35. The first-order chi connectivity index (χ1) is 8.76. The van der Waals surface area contributed by atoms with Crippen molar-refractivity contribution < 1.29 is 8.42 Å². The van der Waals surface area contributed by atoms with Gasteiger partial charge in [-0.3, -0.25) is 0 Å². The van der Waals surface area contributed by atoms with Crippen LogP contribution in [0.4, 0.5) is 0 Å². The molecule has 1 N–H and O–H groups in total. The minimum Gasteiger partial charge on any atom is -0.308 e. The van der Waals surface area contributed by atoms with Crippen LogP contribution < -0.4 is 4.72 Å². The van der Waals surface area contributed by atoms with Gasteiger partial charge in [-0.2, -0.15) is 5.26 Å². The van der Waals surface area contributed by atoms with Crippen molar-refractivity contribution in [3.05, 3.63) is 28.8 Å². The van der Waals surface area contributed by atoms with Crippen molar-refractivity contribution in [2.75, 3.05) is 20.6 Å². The Morgan fingerprint density at radius 2 is 2.11 bits per heavy atom. The second-order valence-corrected chi connectivity index (χ2v) is 6.63. The first kappa shape index (κ1) is 15.9. The molecule has 1 rings (SSSR count). The molecule has 0 bridgehead atoms. The van der Waals surface area contributed by atoms with Crippen LogP contribution in [0.15, 0.2) is 23.1 Å². The van der Waals surface area contributed by atoms with Gasteiger partial charge in [-0.05, 0) is 39.2 Å². The Bertz CT molecular complexity index is 593. The van der Waals surface area contributed by atoms with Gasteiger partial charge >= 0.3 is 0 Å². The second-order valence-electron chi connectivity index (χ2n) is 4.54. The van der Waals surface area contributed by atoms with Crippen LogP contribution in [0, 0.1) is 11.3 Å². The molecule has 0 aromatic heterocycles. The molecule has 0 aliphatic heterocycles. The van der Waals surface area contributed by atoms with Gasteiger partial charge in [0.1, 0.15) is 4.90 Å². The van der Waals surface area contributed by atoms with Gasteiger partial charge in [-0.25, -0.2) is 13.1 Å². The van der Waals surface area contributed by atoms with Gasteiger partial charge in [-0.15, -0.1) is 0 Å². The van der Waals surface area contributed by atoms with Crippen LogP contribution >= 0.6 is 11.6 Å². The van der Waals surface area contributed by atoms with Crippen molar-refractivity contribution >= 4 is 21.6 Å². The van der Waals surface area contributed by atoms with E-state index in [-0.39, 0.29) is 16.0 Å². The number of likely N-dealkylation sites (N-methyl/N-ethyl adjacent to an activating group) is 1. The highest BCUT2D eigenvalue weighted by molar-refractivity contribution is 7.89. The van der Waals surface area contributed by atoms with Crippen molar-refractivity contribution in [2.45, 2.75) is 17.9 Å². The molecule has 19 heavy (non-hydrogen) atoms. The van der Waals surface area contributed by atoms with Crippen LogP contribution in [-0.4, -0.2) is 40.0 Å². The quantitative estimate of drug-likeness (QED) is 0.893. The van der Waals surface area contributed by atoms with Crippen LogP contribution in [0.5, 0.6) is 0 Å². The number of hydrogen-bond acceptors (Lipinski definition) is 4. The summed E-state index contributed by atoms with van der Waals surface area (Å²) in [6.07, 6.45) is 0. The molecule has 1 aromatic rings. The second kappa shape index (κ2) is 6.35. The summed E-state index contributed by atoms with van der Waals surface area (Å²) in [7, 11) is 0.0424. The van der Waals surface area contributed by atoms with Crippen LogP contribution in [0.2, 0.25) is 5.02 Å². The number of halogens is 1. The average Bonchev–Trinajstić information content (AvgIpc) is 2.26. The van der Waals surface area contributed by atoms with E-state index < -0.39 is 10.0 Å². The Morgan fingerprint density at radius 1 is 1.47 bits per heavy atom. The number of nitrogens with one attached hydrogen (secondary N) is 1. The molecule has 0 spiro atoms. The molecule has 0 aliphatic rings. The number of nitrogens with zero attached hydrogens (tertiary/aromatic N) is 2. The molecule has 104 valence electrons. The summed E-state index contributed by atoms with van der Waals surface area (Å²) in [5, 5.41) is 8.77. The average molecular weight is 302 g/mol. The standard InChI is InChI=1S/C12H16ClN3O2S/c1-9(8-16(2)3)15-19(17,18)12-5-4-10(7-14)6-11(12)13/h4-6,9,15H,8H2,1-3H3. The summed E-state index contributed by atoms with van der Waals surface area (Å²) in [6, 6.07) is 5.77. The fourth-order valence-corrected chi connectivity index (χ4v) is 3.48. The van der Waals surface area contributed by atoms with Crippen molar-refractivity contribution in [3.63, 3.8) is 0 Å². The fourth-order valence-electron chi connectivity index (χ4n) is 1.70. The lowest BCUT2D eigenvalue weighted by molar-refractivity contribution is 0.370. The Balaban J connectivity index is 2.98. The van der Waals surface area contributed by atoms with E-state index in [1.54, 1.807) is 6.92 Å². The van der Waals surface area contributed by atoms with Crippen molar-refractivity contribution in [2.24, 2.45) is 0 Å². The molecule has 0 saturated carbocycles. The fraction of sp³-hybridized carbons (Fsp3) is 0.417. The summed E-state index contributed by atoms with van der Waals surface area (Å²) in [6.45, 7) is 2.35. The molecule has 1 atom stereocenters. The van der Waals surface area contributed by atoms with Gasteiger partial charge < -0.3 is 4.90 Å². The van der Waals surface area contributed by atoms with Gasteiger partial charge in [0.15, 0.2) is 0 Å². The van der Waals surface area contributed by atoms with Gasteiger partial charge in [0, 0.05) is 12.6 Å². The summed E-state index contributed by atoms with van der Waals surface area (Å²) in [4.78, 5) is 1.87. The third-order valence-corrected chi connectivity index (χ3v) is 4.42. The zero-order valence-corrected chi connectivity index (χ0v) is 12.6. The van der Waals surface area contributed by atoms with E-state index in [0.29, 0.717) is 12.1 Å². The van der Waals surface area contributed by atoms with Crippen LogP contribution in [0.3, 0.4) is 0 Å². The molecule has 1 aromatic carbocycles. The number of hydrogen-bond donors (Lipinski definition) is 1. The van der Waals surface area contributed by atoms with E-state index in [1.807, 2.05) is 25.1 Å². The van der Waals surface area contributed by atoms with Crippen LogP contribution in [0.1, 0.15) is 12.5 Å². The SMILES string of the molecule is CC(CN(C)C)NS(=O)(=O)c1ccc(C#N)cc1Cl. The van der Waals surface area contributed by atoms with E-state index >= 15 is 0 Å². The zero-order chi connectivity index (χ0) is 14.6. The predicted molar refractivity (Wildman–Crippen MR) is 74.5 cm³/mol.